The topological polar surface area (TPSA) is 66.0 Å². The van der Waals surface area contributed by atoms with Gasteiger partial charge in [-0.2, -0.15) is 0 Å². The molecule has 0 aliphatic rings. The minimum absolute atomic E-state index is 0.394. The second kappa shape index (κ2) is 4.97. The number of nitrogens with two attached hydrogens (primary N) is 1. The number of benzene rings is 1. The molecule has 0 amide bonds. The van der Waals surface area contributed by atoms with Crippen LogP contribution in [0.3, 0.4) is 0 Å². The second-order valence-electron chi connectivity index (χ2n) is 3.62. The molecule has 2 rings (SSSR count). The molecule has 0 spiro atoms. The van der Waals surface area contributed by atoms with Gasteiger partial charge in [-0.1, -0.05) is 12.1 Å². The second-order valence-corrected chi connectivity index (χ2v) is 3.62. The Morgan fingerprint density at radius 3 is 2.82 bits per heavy atom. The maximum absolute atomic E-state index is 5.63. The fourth-order valence-electron chi connectivity index (χ4n) is 1.79. The van der Waals surface area contributed by atoms with Crippen LogP contribution >= 0.6 is 0 Å². The quantitative estimate of drug-likeness (QED) is 0.866. The normalized spacial score (nSPS) is 10.5. The largest absolute Gasteiger partial charge is 0.497 e. The van der Waals surface area contributed by atoms with E-state index in [2.05, 4.69) is 10.2 Å². The molecule has 0 saturated heterocycles. The van der Waals surface area contributed by atoms with E-state index in [1.807, 2.05) is 35.8 Å². The number of nitrogens with zero attached hydrogens (tertiary/aromatic N) is 3. The summed E-state index contributed by atoms with van der Waals surface area (Å²) in [7, 11) is 1.65. The molecular weight excluding hydrogens is 216 g/mol. The third-order valence-electron chi connectivity index (χ3n) is 2.65. The van der Waals surface area contributed by atoms with E-state index in [1.54, 1.807) is 7.11 Å². The predicted octanol–water partition coefficient (Wildman–Crippen LogP) is 1.43. The Bertz CT molecular complexity index is 507. The highest BCUT2D eigenvalue weighted by molar-refractivity contribution is 5.57. The fourth-order valence-corrected chi connectivity index (χ4v) is 1.79. The van der Waals surface area contributed by atoms with E-state index in [-0.39, 0.29) is 0 Å². The van der Waals surface area contributed by atoms with Crippen molar-refractivity contribution in [2.45, 2.75) is 20.0 Å². The van der Waals surface area contributed by atoms with Crippen LogP contribution in [0.1, 0.15) is 12.7 Å². The standard InChI is InChI=1S/C12H16N4O/c1-3-16-11(8-13)14-15-12(16)9-5-4-6-10(7-9)17-2/h4-7H,3,8,13H2,1-2H3. The van der Waals surface area contributed by atoms with Crippen LogP contribution in [0.15, 0.2) is 24.3 Å². The highest BCUT2D eigenvalue weighted by Gasteiger charge is 2.11. The highest BCUT2D eigenvalue weighted by Crippen LogP contribution is 2.22. The molecule has 2 aromatic rings. The number of ether oxygens (including phenoxy) is 1. The third-order valence-corrected chi connectivity index (χ3v) is 2.65. The average Bonchev–Trinajstić information content (AvgIpc) is 2.81. The van der Waals surface area contributed by atoms with Gasteiger partial charge in [0.1, 0.15) is 11.6 Å². The SMILES string of the molecule is CCn1c(CN)nnc1-c1cccc(OC)c1. The van der Waals surface area contributed by atoms with Gasteiger partial charge in [-0.05, 0) is 19.1 Å². The van der Waals surface area contributed by atoms with Crippen LogP contribution in [0, 0.1) is 0 Å². The van der Waals surface area contributed by atoms with E-state index in [9.17, 15) is 0 Å². The highest BCUT2D eigenvalue weighted by atomic mass is 16.5. The molecule has 17 heavy (non-hydrogen) atoms. The van der Waals surface area contributed by atoms with E-state index in [0.29, 0.717) is 6.54 Å². The Morgan fingerprint density at radius 1 is 1.35 bits per heavy atom. The monoisotopic (exact) mass is 232 g/mol. The zero-order chi connectivity index (χ0) is 12.3. The zero-order valence-electron chi connectivity index (χ0n) is 10.1. The number of hydrogen-bond donors (Lipinski definition) is 1. The van der Waals surface area contributed by atoms with Gasteiger partial charge in [-0.25, -0.2) is 0 Å². The fraction of sp³-hybridized carbons (Fsp3) is 0.333. The summed E-state index contributed by atoms with van der Waals surface area (Å²) in [6.45, 7) is 3.24. The van der Waals surface area contributed by atoms with Gasteiger partial charge >= 0.3 is 0 Å². The first-order chi connectivity index (χ1) is 8.30. The summed E-state index contributed by atoms with van der Waals surface area (Å²) in [5, 5.41) is 8.27. The summed E-state index contributed by atoms with van der Waals surface area (Å²) in [5.41, 5.74) is 6.61. The van der Waals surface area contributed by atoms with E-state index in [0.717, 1.165) is 29.5 Å². The molecule has 1 heterocycles. The predicted molar refractivity (Wildman–Crippen MR) is 65.6 cm³/mol. The van der Waals surface area contributed by atoms with Crippen molar-refractivity contribution in [1.29, 1.82) is 0 Å². The van der Waals surface area contributed by atoms with Gasteiger partial charge < -0.3 is 15.0 Å². The average molecular weight is 232 g/mol. The Balaban J connectivity index is 2.48. The van der Waals surface area contributed by atoms with Gasteiger partial charge in [0.2, 0.25) is 0 Å². The lowest BCUT2D eigenvalue weighted by Gasteiger charge is -2.07. The molecule has 0 unspecified atom stereocenters. The van der Waals surface area contributed by atoms with Crippen molar-refractivity contribution in [2.75, 3.05) is 7.11 Å². The van der Waals surface area contributed by atoms with Crippen LogP contribution in [0.25, 0.3) is 11.4 Å². The smallest absolute Gasteiger partial charge is 0.164 e. The summed E-state index contributed by atoms with van der Waals surface area (Å²) in [5.74, 6) is 2.43. The Hall–Kier alpha value is -1.88. The first kappa shape index (κ1) is 11.6. The summed E-state index contributed by atoms with van der Waals surface area (Å²) >= 11 is 0. The van der Waals surface area contributed by atoms with Crippen molar-refractivity contribution >= 4 is 0 Å². The van der Waals surface area contributed by atoms with E-state index < -0.39 is 0 Å². The van der Waals surface area contributed by atoms with Crippen molar-refractivity contribution in [3.8, 4) is 17.1 Å². The molecular formula is C12H16N4O. The molecule has 1 aromatic carbocycles. The van der Waals surface area contributed by atoms with Crippen LogP contribution in [0.4, 0.5) is 0 Å². The molecule has 0 bridgehead atoms. The van der Waals surface area contributed by atoms with Crippen molar-refractivity contribution < 1.29 is 4.74 Å². The number of methoxy groups -OCH3 is 1. The maximum Gasteiger partial charge on any atom is 0.164 e. The van der Waals surface area contributed by atoms with Gasteiger partial charge in [0.25, 0.3) is 0 Å². The molecule has 0 saturated carbocycles. The molecule has 5 nitrogen and oxygen atoms in total. The zero-order valence-corrected chi connectivity index (χ0v) is 10.1. The van der Waals surface area contributed by atoms with E-state index in [4.69, 9.17) is 10.5 Å². The molecule has 0 radical (unpaired) electrons. The third kappa shape index (κ3) is 2.14. The van der Waals surface area contributed by atoms with E-state index >= 15 is 0 Å². The van der Waals surface area contributed by atoms with Gasteiger partial charge in [0, 0.05) is 12.1 Å². The van der Waals surface area contributed by atoms with Crippen LogP contribution < -0.4 is 10.5 Å². The van der Waals surface area contributed by atoms with Crippen LogP contribution in [-0.4, -0.2) is 21.9 Å². The molecule has 2 N–H and O–H groups in total. The number of aromatic nitrogens is 3. The molecule has 0 aliphatic heterocycles. The van der Waals surface area contributed by atoms with Crippen molar-refractivity contribution in [3.05, 3.63) is 30.1 Å². The minimum atomic E-state index is 0.394. The Kier molecular flexibility index (Phi) is 3.39. The lowest BCUT2D eigenvalue weighted by atomic mass is 10.2. The number of hydrogen-bond acceptors (Lipinski definition) is 4. The van der Waals surface area contributed by atoms with Gasteiger partial charge in [0.15, 0.2) is 5.82 Å². The van der Waals surface area contributed by atoms with Crippen LogP contribution in [0.2, 0.25) is 0 Å². The molecule has 0 fully saturated rings. The van der Waals surface area contributed by atoms with Crippen molar-refractivity contribution in [2.24, 2.45) is 5.73 Å². The molecule has 0 atom stereocenters. The molecule has 5 heteroatoms. The van der Waals surface area contributed by atoms with Crippen LogP contribution in [0.5, 0.6) is 5.75 Å². The molecule has 90 valence electrons. The van der Waals surface area contributed by atoms with Gasteiger partial charge in [-0.15, -0.1) is 10.2 Å². The number of rotatable bonds is 4. The summed E-state index contributed by atoms with van der Waals surface area (Å²) in [6, 6.07) is 7.76. The lowest BCUT2D eigenvalue weighted by molar-refractivity contribution is 0.415. The minimum Gasteiger partial charge on any atom is -0.497 e. The molecule has 0 aliphatic carbocycles. The molecule has 1 aromatic heterocycles. The van der Waals surface area contributed by atoms with Crippen LogP contribution in [-0.2, 0) is 13.1 Å². The van der Waals surface area contributed by atoms with Crippen molar-refractivity contribution in [1.82, 2.24) is 14.8 Å². The Morgan fingerprint density at radius 2 is 2.18 bits per heavy atom. The Labute approximate surface area is 100 Å². The van der Waals surface area contributed by atoms with E-state index in [1.165, 1.54) is 0 Å². The van der Waals surface area contributed by atoms with Gasteiger partial charge in [-0.3, -0.25) is 0 Å². The first-order valence-electron chi connectivity index (χ1n) is 5.56. The first-order valence-corrected chi connectivity index (χ1v) is 5.56. The maximum atomic E-state index is 5.63. The summed E-state index contributed by atoms with van der Waals surface area (Å²) in [4.78, 5) is 0. The van der Waals surface area contributed by atoms with Crippen molar-refractivity contribution in [3.63, 3.8) is 0 Å². The summed E-state index contributed by atoms with van der Waals surface area (Å²) in [6.07, 6.45) is 0. The summed E-state index contributed by atoms with van der Waals surface area (Å²) < 4.78 is 7.21. The lowest BCUT2D eigenvalue weighted by Crippen LogP contribution is -2.08. The van der Waals surface area contributed by atoms with Gasteiger partial charge in [0.05, 0.1) is 13.7 Å².